The van der Waals surface area contributed by atoms with Crippen LogP contribution in [0.3, 0.4) is 0 Å². The van der Waals surface area contributed by atoms with E-state index in [1.54, 1.807) is 17.8 Å². The van der Waals surface area contributed by atoms with Gasteiger partial charge in [-0.05, 0) is 43.9 Å². The number of hydrogen-bond acceptors (Lipinski definition) is 4. The summed E-state index contributed by atoms with van der Waals surface area (Å²) in [6.45, 7) is 1.80. The molecular formula is C23H24Cl2N4OS. The quantitative estimate of drug-likeness (QED) is 0.305. The van der Waals surface area contributed by atoms with Crippen molar-refractivity contribution in [1.82, 2.24) is 19.7 Å². The molecule has 0 atom stereocenters. The second-order valence-electron chi connectivity index (χ2n) is 7.50. The number of hydrogen-bond donors (Lipinski definition) is 0. The standard InChI is InChI=1S/C23H24Cl2N4OS/c24-19-12-11-18(16-20(19)25)29-22(17-8-3-1-4-9-17)26-27-23(29)31-15-7-10-21(30)28-13-5-2-6-14-28/h1,3-4,8-9,11-12,16H,2,5-7,10,13-15H2. The molecule has 0 aliphatic carbocycles. The molecule has 1 saturated heterocycles. The number of nitrogens with zero attached hydrogens (tertiary/aromatic N) is 4. The van der Waals surface area contributed by atoms with E-state index in [2.05, 4.69) is 10.2 Å². The molecule has 0 bridgehead atoms. The van der Waals surface area contributed by atoms with Gasteiger partial charge in [0.15, 0.2) is 11.0 Å². The van der Waals surface area contributed by atoms with Crippen molar-refractivity contribution < 1.29 is 4.79 Å². The van der Waals surface area contributed by atoms with Gasteiger partial charge in [-0.2, -0.15) is 0 Å². The predicted molar refractivity (Wildman–Crippen MR) is 127 cm³/mol. The van der Waals surface area contributed by atoms with Gasteiger partial charge in [0.1, 0.15) is 0 Å². The van der Waals surface area contributed by atoms with Gasteiger partial charge in [0.2, 0.25) is 5.91 Å². The molecule has 1 aliphatic rings. The maximum atomic E-state index is 12.4. The lowest BCUT2D eigenvalue weighted by atomic mass is 10.1. The highest BCUT2D eigenvalue weighted by Gasteiger charge is 2.18. The highest BCUT2D eigenvalue weighted by molar-refractivity contribution is 7.99. The fraction of sp³-hybridized carbons (Fsp3) is 0.348. The average molecular weight is 475 g/mol. The lowest BCUT2D eigenvalue weighted by Crippen LogP contribution is -2.35. The van der Waals surface area contributed by atoms with E-state index in [4.69, 9.17) is 23.2 Å². The molecule has 1 aliphatic heterocycles. The van der Waals surface area contributed by atoms with E-state index in [0.29, 0.717) is 16.5 Å². The number of benzene rings is 2. The van der Waals surface area contributed by atoms with Crippen molar-refractivity contribution in [2.75, 3.05) is 18.8 Å². The lowest BCUT2D eigenvalue weighted by Gasteiger charge is -2.26. The van der Waals surface area contributed by atoms with Gasteiger partial charge in [-0.3, -0.25) is 9.36 Å². The minimum Gasteiger partial charge on any atom is -0.343 e. The van der Waals surface area contributed by atoms with Crippen molar-refractivity contribution in [1.29, 1.82) is 0 Å². The third-order valence-corrected chi connectivity index (χ3v) is 7.06. The first-order valence-corrected chi connectivity index (χ1v) is 12.2. The highest BCUT2D eigenvalue weighted by Crippen LogP contribution is 2.31. The Morgan fingerprint density at radius 1 is 0.968 bits per heavy atom. The molecule has 8 heteroatoms. The number of piperidine rings is 1. The first kappa shape index (κ1) is 22.2. The Bertz CT molecular complexity index is 1040. The van der Waals surface area contributed by atoms with Crippen LogP contribution >= 0.6 is 35.0 Å². The van der Waals surface area contributed by atoms with Gasteiger partial charge in [0.25, 0.3) is 0 Å². The van der Waals surface area contributed by atoms with E-state index in [0.717, 1.165) is 60.3 Å². The van der Waals surface area contributed by atoms with Crippen molar-refractivity contribution >= 4 is 40.9 Å². The van der Waals surface area contributed by atoms with Crippen LogP contribution in [0.15, 0.2) is 53.7 Å². The molecule has 5 nitrogen and oxygen atoms in total. The Labute approximate surface area is 196 Å². The molecule has 3 aromatic rings. The van der Waals surface area contributed by atoms with Crippen LogP contribution in [0.25, 0.3) is 17.1 Å². The first-order chi connectivity index (χ1) is 15.1. The Morgan fingerprint density at radius 2 is 1.74 bits per heavy atom. The van der Waals surface area contributed by atoms with E-state index in [9.17, 15) is 4.79 Å². The molecule has 31 heavy (non-hydrogen) atoms. The molecule has 1 amide bonds. The third kappa shape index (κ3) is 5.43. The summed E-state index contributed by atoms with van der Waals surface area (Å²) in [6, 6.07) is 15.4. The maximum Gasteiger partial charge on any atom is 0.222 e. The van der Waals surface area contributed by atoms with E-state index in [1.807, 2.05) is 51.9 Å². The molecular weight excluding hydrogens is 451 g/mol. The van der Waals surface area contributed by atoms with Gasteiger partial charge in [0, 0.05) is 30.8 Å². The minimum atomic E-state index is 0.260. The molecule has 2 heterocycles. The monoisotopic (exact) mass is 474 g/mol. The smallest absolute Gasteiger partial charge is 0.222 e. The molecule has 0 unspecified atom stereocenters. The Kier molecular flexibility index (Phi) is 7.54. The van der Waals surface area contributed by atoms with Gasteiger partial charge in [0.05, 0.1) is 15.7 Å². The van der Waals surface area contributed by atoms with Crippen molar-refractivity contribution in [3.63, 3.8) is 0 Å². The topological polar surface area (TPSA) is 51.0 Å². The molecule has 0 saturated carbocycles. The third-order valence-electron chi connectivity index (χ3n) is 5.30. The first-order valence-electron chi connectivity index (χ1n) is 10.5. The Hall–Kier alpha value is -2.02. The van der Waals surface area contributed by atoms with Crippen molar-refractivity contribution in [3.8, 4) is 17.1 Å². The van der Waals surface area contributed by atoms with Crippen LogP contribution in [-0.4, -0.2) is 44.4 Å². The lowest BCUT2D eigenvalue weighted by molar-refractivity contribution is -0.132. The second-order valence-corrected chi connectivity index (χ2v) is 9.38. The largest absolute Gasteiger partial charge is 0.343 e. The van der Waals surface area contributed by atoms with Gasteiger partial charge < -0.3 is 4.90 Å². The molecule has 1 aromatic heterocycles. The average Bonchev–Trinajstić information content (AvgIpc) is 3.23. The van der Waals surface area contributed by atoms with E-state index < -0.39 is 0 Å². The van der Waals surface area contributed by atoms with Crippen LogP contribution in [0.1, 0.15) is 32.1 Å². The summed E-state index contributed by atoms with van der Waals surface area (Å²) in [7, 11) is 0. The highest BCUT2D eigenvalue weighted by atomic mass is 35.5. The fourth-order valence-corrected chi connectivity index (χ4v) is 4.87. The van der Waals surface area contributed by atoms with E-state index in [1.165, 1.54) is 6.42 Å². The van der Waals surface area contributed by atoms with Gasteiger partial charge in [-0.25, -0.2) is 0 Å². The molecule has 0 spiro atoms. The Morgan fingerprint density at radius 3 is 2.48 bits per heavy atom. The summed E-state index contributed by atoms with van der Waals surface area (Å²) in [6.07, 6.45) is 4.84. The van der Waals surface area contributed by atoms with Gasteiger partial charge in [-0.1, -0.05) is 65.3 Å². The summed E-state index contributed by atoms with van der Waals surface area (Å²) in [5, 5.41) is 10.6. The fourth-order valence-electron chi connectivity index (χ4n) is 3.68. The summed E-state index contributed by atoms with van der Waals surface area (Å²) < 4.78 is 1.99. The number of carbonyl (C=O) groups is 1. The predicted octanol–water partition coefficient (Wildman–Crippen LogP) is 6.13. The van der Waals surface area contributed by atoms with Gasteiger partial charge in [-0.15, -0.1) is 10.2 Å². The number of likely N-dealkylation sites (tertiary alicyclic amines) is 1. The van der Waals surface area contributed by atoms with E-state index in [-0.39, 0.29) is 5.91 Å². The second kappa shape index (κ2) is 10.5. The summed E-state index contributed by atoms with van der Waals surface area (Å²) >= 11 is 14.0. The zero-order chi connectivity index (χ0) is 21.6. The molecule has 2 aromatic carbocycles. The summed E-state index contributed by atoms with van der Waals surface area (Å²) in [5.41, 5.74) is 1.82. The van der Waals surface area contributed by atoms with Crippen LogP contribution in [-0.2, 0) is 4.79 Å². The molecule has 4 rings (SSSR count). The zero-order valence-electron chi connectivity index (χ0n) is 17.1. The van der Waals surface area contributed by atoms with Crippen LogP contribution in [0.2, 0.25) is 10.0 Å². The number of thioether (sulfide) groups is 1. The van der Waals surface area contributed by atoms with Crippen molar-refractivity contribution in [2.24, 2.45) is 0 Å². The van der Waals surface area contributed by atoms with Gasteiger partial charge >= 0.3 is 0 Å². The number of aromatic nitrogens is 3. The van der Waals surface area contributed by atoms with Crippen LogP contribution < -0.4 is 0 Å². The zero-order valence-corrected chi connectivity index (χ0v) is 19.5. The van der Waals surface area contributed by atoms with E-state index >= 15 is 0 Å². The Balaban J connectivity index is 1.50. The number of carbonyl (C=O) groups excluding carboxylic acids is 1. The van der Waals surface area contributed by atoms with Crippen molar-refractivity contribution in [3.05, 3.63) is 58.6 Å². The van der Waals surface area contributed by atoms with Crippen molar-refractivity contribution in [2.45, 2.75) is 37.3 Å². The summed E-state index contributed by atoms with van der Waals surface area (Å²) in [4.78, 5) is 14.4. The SMILES string of the molecule is O=C(CCCSc1nnc(-c2ccccc2)n1-c1ccc(Cl)c(Cl)c1)N1CCCCC1. The number of rotatable bonds is 7. The molecule has 162 valence electrons. The normalized spacial score (nSPS) is 14.1. The number of amides is 1. The number of halogens is 2. The maximum absolute atomic E-state index is 12.4. The minimum absolute atomic E-state index is 0.260. The van der Waals surface area contributed by atoms with Crippen LogP contribution in [0.4, 0.5) is 0 Å². The van der Waals surface area contributed by atoms with Crippen LogP contribution in [0, 0.1) is 0 Å². The molecule has 0 radical (unpaired) electrons. The molecule has 0 N–H and O–H groups in total. The molecule has 1 fully saturated rings. The van der Waals surface area contributed by atoms with Crippen LogP contribution in [0.5, 0.6) is 0 Å². The summed E-state index contributed by atoms with van der Waals surface area (Å²) in [5.74, 6) is 1.79.